The lowest BCUT2D eigenvalue weighted by atomic mass is 9.84. The Balaban J connectivity index is 3.98. The standard InChI is InChI=1S/C17H34O5/c1-3-4-5-6-7-8-9-10-11-15(19)17(22,14(2)18)13-12-16(20)21/h14-15,18-19,22H,3-13H2,1-2H3,(H,20,21). The van der Waals surface area contributed by atoms with E-state index in [0.29, 0.717) is 6.42 Å². The Morgan fingerprint density at radius 3 is 1.95 bits per heavy atom. The van der Waals surface area contributed by atoms with Crippen molar-refractivity contribution in [3.8, 4) is 0 Å². The lowest BCUT2D eigenvalue weighted by Crippen LogP contribution is -2.51. The van der Waals surface area contributed by atoms with E-state index >= 15 is 0 Å². The number of aliphatic hydroxyl groups excluding tert-OH is 2. The minimum atomic E-state index is -1.74. The van der Waals surface area contributed by atoms with Gasteiger partial charge in [0, 0.05) is 6.42 Å². The average molecular weight is 318 g/mol. The lowest BCUT2D eigenvalue weighted by molar-refractivity contribution is -0.156. The van der Waals surface area contributed by atoms with Crippen LogP contribution in [0.5, 0.6) is 0 Å². The van der Waals surface area contributed by atoms with E-state index < -0.39 is 23.8 Å². The van der Waals surface area contributed by atoms with Gasteiger partial charge in [0.2, 0.25) is 0 Å². The van der Waals surface area contributed by atoms with Crippen molar-refractivity contribution >= 4 is 5.97 Å². The quantitative estimate of drug-likeness (QED) is 0.369. The van der Waals surface area contributed by atoms with Gasteiger partial charge in [-0.3, -0.25) is 4.79 Å². The number of aliphatic hydroxyl groups is 3. The summed E-state index contributed by atoms with van der Waals surface area (Å²) < 4.78 is 0. The first-order valence-electron chi connectivity index (χ1n) is 8.64. The molecule has 0 aliphatic carbocycles. The summed E-state index contributed by atoms with van der Waals surface area (Å²) in [6, 6.07) is 0. The molecule has 0 aromatic heterocycles. The van der Waals surface area contributed by atoms with Gasteiger partial charge >= 0.3 is 5.97 Å². The Morgan fingerprint density at radius 2 is 1.50 bits per heavy atom. The highest BCUT2D eigenvalue weighted by Crippen LogP contribution is 2.26. The predicted octanol–water partition coefficient (Wildman–Crippen LogP) is 2.85. The Kier molecular flexibility index (Phi) is 11.5. The van der Waals surface area contributed by atoms with E-state index in [4.69, 9.17) is 5.11 Å². The van der Waals surface area contributed by atoms with Crippen LogP contribution in [0, 0.1) is 0 Å². The van der Waals surface area contributed by atoms with Crippen LogP contribution in [0.15, 0.2) is 0 Å². The molecule has 5 heteroatoms. The van der Waals surface area contributed by atoms with Crippen molar-refractivity contribution in [3.63, 3.8) is 0 Å². The summed E-state index contributed by atoms with van der Waals surface area (Å²) in [6.45, 7) is 3.58. The molecule has 3 unspecified atom stereocenters. The molecule has 0 spiro atoms. The van der Waals surface area contributed by atoms with Crippen molar-refractivity contribution in [2.45, 2.75) is 102 Å². The number of hydrogen-bond acceptors (Lipinski definition) is 4. The molecule has 4 N–H and O–H groups in total. The van der Waals surface area contributed by atoms with Crippen LogP contribution >= 0.6 is 0 Å². The molecule has 0 radical (unpaired) electrons. The van der Waals surface area contributed by atoms with Gasteiger partial charge in [0.15, 0.2) is 0 Å². The smallest absolute Gasteiger partial charge is 0.303 e. The van der Waals surface area contributed by atoms with E-state index in [9.17, 15) is 20.1 Å². The van der Waals surface area contributed by atoms with Gasteiger partial charge in [0.05, 0.1) is 12.2 Å². The topological polar surface area (TPSA) is 98.0 Å². The number of carboxylic acids is 1. The molecule has 0 fully saturated rings. The Hall–Kier alpha value is -0.650. The van der Waals surface area contributed by atoms with Crippen molar-refractivity contribution in [1.82, 2.24) is 0 Å². The van der Waals surface area contributed by atoms with Crippen molar-refractivity contribution in [2.24, 2.45) is 0 Å². The number of carbonyl (C=O) groups is 1. The highest BCUT2D eigenvalue weighted by Gasteiger charge is 2.40. The van der Waals surface area contributed by atoms with Crippen LogP contribution in [-0.4, -0.2) is 44.2 Å². The van der Waals surface area contributed by atoms with Crippen LogP contribution in [-0.2, 0) is 4.79 Å². The van der Waals surface area contributed by atoms with E-state index in [-0.39, 0.29) is 12.8 Å². The molecule has 0 rings (SSSR count). The molecule has 22 heavy (non-hydrogen) atoms. The maximum absolute atomic E-state index is 10.6. The minimum Gasteiger partial charge on any atom is -0.481 e. The fraction of sp³-hybridized carbons (Fsp3) is 0.941. The third-order valence-electron chi connectivity index (χ3n) is 4.37. The first kappa shape index (κ1) is 21.4. The second-order valence-corrected chi connectivity index (χ2v) is 6.34. The zero-order valence-electron chi connectivity index (χ0n) is 14.1. The van der Waals surface area contributed by atoms with Crippen LogP contribution in [0.4, 0.5) is 0 Å². The molecule has 0 aliphatic rings. The van der Waals surface area contributed by atoms with Gasteiger partial charge in [0.1, 0.15) is 5.60 Å². The third kappa shape index (κ3) is 8.71. The fourth-order valence-electron chi connectivity index (χ4n) is 2.68. The maximum Gasteiger partial charge on any atom is 0.303 e. The van der Waals surface area contributed by atoms with Gasteiger partial charge in [-0.05, 0) is 19.8 Å². The summed E-state index contributed by atoms with van der Waals surface area (Å²) in [5.41, 5.74) is -1.74. The van der Waals surface area contributed by atoms with E-state index in [1.54, 1.807) is 0 Å². The summed E-state index contributed by atoms with van der Waals surface area (Å²) in [4.78, 5) is 10.6. The summed E-state index contributed by atoms with van der Waals surface area (Å²) in [7, 11) is 0. The second kappa shape index (κ2) is 11.9. The van der Waals surface area contributed by atoms with E-state index in [1.807, 2.05) is 0 Å². The van der Waals surface area contributed by atoms with Gasteiger partial charge in [-0.25, -0.2) is 0 Å². The summed E-state index contributed by atoms with van der Waals surface area (Å²) in [5, 5.41) is 38.8. The van der Waals surface area contributed by atoms with Crippen LogP contribution in [0.1, 0.15) is 84.5 Å². The normalized spacial score (nSPS) is 17.0. The van der Waals surface area contributed by atoms with Gasteiger partial charge < -0.3 is 20.4 Å². The van der Waals surface area contributed by atoms with E-state index in [1.165, 1.54) is 39.0 Å². The molecular formula is C17H34O5. The first-order chi connectivity index (χ1) is 10.3. The number of aliphatic carboxylic acids is 1. The van der Waals surface area contributed by atoms with Gasteiger partial charge in [-0.15, -0.1) is 0 Å². The summed E-state index contributed by atoms with van der Waals surface area (Å²) in [5.74, 6) is -1.04. The summed E-state index contributed by atoms with van der Waals surface area (Å²) >= 11 is 0. The van der Waals surface area contributed by atoms with Crippen LogP contribution < -0.4 is 0 Å². The monoisotopic (exact) mass is 318 g/mol. The Bertz CT molecular complexity index is 293. The zero-order valence-corrected chi connectivity index (χ0v) is 14.1. The Labute approximate surface area is 134 Å². The number of unbranched alkanes of at least 4 members (excludes halogenated alkanes) is 7. The highest BCUT2D eigenvalue weighted by atomic mass is 16.4. The molecule has 0 aromatic rings. The molecule has 0 aromatic carbocycles. The lowest BCUT2D eigenvalue weighted by Gasteiger charge is -2.35. The molecule has 0 amide bonds. The highest BCUT2D eigenvalue weighted by molar-refractivity contribution is 5.66. The molecule has 0 bridgehead atoms. The first-order valence-corrected chi connectivity index (χ1v) is 8.64. The molecule has 5 nitrogen and oxygen atoms in total. The zero-order chi connectivity index (χ0) is 17.0. The van der Waals surface area contributed by atoms with Crippen molar-refractivity contribution < 1.29 is 25.2 Å². The van der Waals surface area contributed by atoms with Gasteiger partial charge in [-0.1, -0.05) is 58.3 Å². The summed E-state index contributed by atoms with van der Waals surface area (Å²) in [6.07, 6.45) is 6.82. The van der Waals surface area contributed by atoms with Gasteiger partial charge in [-0.2, -0.15) is 0 Å². The number of carboxylic acid groups (broad SMARTS) is 1. The molecular weight excluding hydrogens is 284 g/mol. The third-order valence-corrected chi connectivity index (χ3v) is 4.37. The SMILES string of the molecule is CCCCCCCCCCC(O)C(O)(CCC(=O)O)C(C)O. The largest absolute Gasteiger partial charge is 0.481 e. The maximum atomic E-state index is 10.6. The molecule has 132 valence electrons. The molecule has 0 heterocycles. The van der Waals surface area contributed by atoms with Crippen molar-refractivity contribution in [1.29, 1.82) is 0 Å². The predicted molar refractivity (Wildman–Crippen MR) is 86.7 cm³/mol. The van der Waals surface area contributed by atoms with E-state index in [2.05, 4.69) is 6.92 Å². The fourth-order valence-corrected chi connectivity index (χ4v) is 2.68. The van der Waals surface area contributed by atoms with Crippen molar-refractivity contribution in [3.05, 3.63) is 0 Å². The number of hydrogen-bond donors (Lipinski definition) is 4. The van der Waals surface area contributed by atoms with Gasteiger partial charge in [0.25, 0.3) is 0 Å². The average Bonchev–Trinajstić information content (AvgIpc) is 2.46. The van der Waals surface area contributed by atoms with Crippen LogP contribution in [0.3, 0.4) is 0 Å². The Morgan fingerprint density at radius 1 is 1.00 bits per heavy atom. The van der Waals surface area contributed by atoms with Crippen molar-refractivity contribution in [2.75, 3.05) is 0 Å². The molecule has 0 saturated carbocycles. The second-order valence-electron chi connectivity index (χ2n) is 6.34. The molecule has 0 saturated heterocycles. The molecule has 0 aliphatic heterocycles. The van der Waals surface area contributed by atoms with Crippen LogP contribution in [0.25, 0.3) is 0 Å². The molecule has 3 atom stereocenters. The minimum absolute atomic E-state index is 0.141. The number of rotatable bonds is 14. The van der Waals surface area contributed by atoms with Crippen LogP contribution in [0.2, 0.25) is 0 Å². The van der Waals surface area contributed by atoms with E-state index in [0.717, 1.165) is 19.3 Å².